The van der Waals surface area contributed by atoms with Gasteiger partial charge in [0, 0.05) is 33.8 Å². The van der Waals surface area contributed by atoms with Gasteiger partial charge < -0.3 is 19.2 Å². The van der Waals surface area contributed by atoms with Crippen LogP contribution in [0.5, 0.6) is 11.5 Å². The quantitative estimate of drug-likeness (QED) is 0.290. The summed E-state index contributed by atoms with van der Waals surface area (Å²) in [6, 6.07) is 25.0. The van der Waals surface area contributed by atoms with Gasteiger partial charge in [0.2, 0.25) is 5.88 Å². The van der Waals surface area contributed by atoms with Gasteiger partial charge in [0.25, 0.3) is 0 Å². The Kier molecular flexibility index (Phi) is 4.63. The van der Waals surface area contributed by atoms with Gasteiger partial charge in [-0.2, -0.15) is 0 Å². The summed E-state index contributed by atoms with van der Waals surface area (Å²) in [5.41, 5.74) is 8.69. The van der Waals surface area contributed by atoms with E-state index in [4.69, 9.17) is 13.9 Å². The highest BCUT2D eigenvalue weighted by Crippen LogP contribution is 2.57. The van der Waals surface area contributed by atoms with Crippen molar-refractivity contribution in [2.24, 2.45) is 0 Å². The maximum atomic E-state index is 6.66. The standard InChI is InChI=1S/C30H25NO3/c1-17-8-5-9-18(2)28(17)31-30-27(21-15-14-20(32-3)16-24(21)33-4)26-22-12-6-10-19-11-7-13-23(25(19)22)29(26)34-30/h5-16,31H,1-4H3. The molecule has 1 aliphatic carbocycles. The van der Waals surface area contributed by atoms with E-state index in [1.807, 2.05) is 18.2 Å². The molecule has 0 spiro atoms. The first-order valence-electron chi connectivity index (χ1n) is 11.4. The Hall–Kier alpha value is -4.18. The van der Waals surface area contributed by atoms with E-state index in [1.165, 1.54) is 16.3 Å². The van der Waals surface area contributed by atoms with Crippen molar-refractivity contribution < 1.29 is 13.9 Å². The van der Waals surface area contributed by atoms with E-state index in [9.17, 15) is 0 Å². The van der Waals surface area contributed by atoms with Crippen LogP contribution in [0.2, 0.25) is 0 Å². The second-order valence-corrected chi connectivity index (χ2v) is 8.68. The number of methoxy groups -OCH3 is 2. The van der Waals surface area contributed by atoms with Crippen molar-refractivity contribution in [3.63, 3.8) is 0 Å². The molecule has 4 heteroatoms. The number of nitrogens with one attached hydrogen (secondary N) is 1. The smallest absolute Gasteiger partial charge is 0.206 e. The zero-order chi connectivity index (χ0) is 23.4. The predicted octanol–water partition coefficient (Wildman–Crippen LogP) is 8.12. The normalized spacial score (nSPS) is 11.5. The summed E-state index contributed by atoms with van der Waals surface area (Å²) in [4.78, 5) is 0. The third-order valence-corrected chi connectivity index (χ3v) is 6.72. The lowest BCUT2D eigenvalue weighted by molar-refractivity contribution is 0.395. The lowest BCUT2D eigenvalue weighted by Gasteiger charge is -2.15. The fraction of sp³-hybridized carbons (Fsp3) is 0.133. The van der Waals surface area contributed by atoms with Gasteiger partial charge in [-0.15, -0.1) is 0 Å². The van der Waals surface area contributed by atoms with Crippen LogP contribution >= 0.6 is 0 Å². The lowest BCUT2D eigenvalue weighted by Crippen LogP contribution is -1.98. The van der Waals surface area contributed by atoms with Crippen molar-refractivity contribution in [3.05, 3.63) is 83.9 Å². The largest absolute Gasteiger partial charge is 0.497 e. The molecule has 0 saturated carbocycles. The minimum Gasteiger partial charge on any atom is -0.497 e. The maximum Gasteiger partial charge on any atom is 0.206 e. The van der Waals surface area contributed by atoms with Gasteiger partial charge in [0.05, 0.1) is 19.8 Å². The van der Waals surface area contributed by atoms with Crippen molar-refractivity contribution in [2.45, 2.75) is 13.8 Å². The molecule has 4 aromatic carbocycles. The van der Waals surface area contributed by atoms with E-state index in [2.05, 4.69) is 73.8 Å². The van der Waals surface area contributed by atoms with Crippen molar-refractivity contribution in [2.75, 3.05) is 19.5 Å². The monoisotopic (exact) mass is 447 g/mol. The molecule has 0 unspecified atom stereocenters. The Bertz CT molecular complexity index is 1550. The molecular weight excluding hydrogens is 422 g/mol. The first-order chi connectivity index (χ1) is 16.6. The molecule has 34 heavy (non-hydrogen) atoms. The van der Waals surface area contributed by atoms with Crippen LogP contribution in [0, 0.1) is 13.8 Å². The Labute approximate surface area is 198 Å². The molecule has 1 N–H and O–H groups in total. The fourth-order valence-electron chi connectivity index (χ4n) is 5.09. The van der Waals surface area contributed by atoms with Crippen molar-refractivity contribution >= 4 is 22.3 Å². The highest BCUT2D eigenvalue weighted by Gasteiger charge is 2.33. The number of hydrogen-bond donors (Lipinski definition) is 1. The number of rotatable bonds is 5. The van der Waals surface area contributed by atoms with E-state index >= 15 is 0 Å². The Morgan fingerprint density at radius 1 is 0.706 bits per heavy atom. The molecule has 6 rings (SSSR count). The van der Waals surface area contributed by atoms with Crippen molar-refractivity contribution in [1.82, 2.24) is 0 Å². The van der Waals surface area contributed by atoms with E-state index in [1.54, 1.807) is 14.2 Å². The van der Waals surface area contributed by atoms with Gasteiger partial charge >= 0.3 is 0 Å². The van der Waals surface area contributed by atoms with Gasteiger partial charge in [0.15, 0.2) is 0 Å². The minimum absolute atomic E-state index is 0.706. The van der Waals surface area contributed by atoms with Crippen molar-refractivity contribution in [3.8, 4) is 45.1 Å². The number of hydrogen-bond acceptors (Lipinski definition) is 4. The maximum absolute atomic E-state index is 6.66. The van der Waals surface area contributed by atoms with Gasteiger partial charge in [0.1, 0.15) is 17.3 Å². The van der Waals surface area contributed by atoms with Crippen LogP contribution in [0.3, 0.4) is 0 Å². The average molecular weight is 448 g/mol. The van der Waals surface area contributed by atoms with Crippen LogP contribution in [0.1, 0.15) is 11.1 Å². The molecule has 0 bridgehead atoms. The summed E-state index contributed by atoms with van der Waals surface area (Å²) >= 11 is 0. The van der Waals surface area contributed by atoms with Gasteiger partial charge in [-0.25, -0.2) is 0 Å². The van der Waals surface area contributed by atoms with Crippen LogP contribution in [0.25, 0.3) is 44.3 Å². The van der Waals surface area contributed by atoms with Crippen LogP contribution in [-0.2, 0) is 0 Å². The molecule has 0 fully saturated rings. The van der Waals surface area contributed by atoms with E-state index in [-0.39, 0.29) is 0 Å². The molecule has 1 aliphatic rings. The summed E-state index contributed by atoms with van der Waals surface area (Å²) in [7, 11) is 3.35. The number of aryl methyl sites for hydroxylation is 2. The van der Waals surface area contributed by atoms with Gasteiger partial charge in [-0.05, 0) is 48.1 Å². The first-order valence-corrected chi connectivity index (χ1v) is 11.4. The highest BCUT2D eigenvalue weighted by molar-refractivity contribution is 6.18. The van der Waals surface area contributed by atoms with E-state index in [0.29, 0.717) is 5.88 Å². The molecular formula is C30H25NO3. The summed E-state index contributed by atoms with van der Waals surface area (Å²) in [6.45, 7) is 4.21. The molecule has 0 saturated heterocycles. The molecule has 1 heterocycles. The number of ether oxygens (including phenoxy) is 2. The van der Waals surface area contributed by atoms with Gasteiger partial charge in [-0.1, -0.05) is 54.6 Å². The summed E-state index contributed by atoms with van der Waals surface area (Å²) in [5.74, 6) is 3.07. The van der Waals surface area contributed by atoms with E-state index < -0.39 is 0 Å². The number of para-hydroxylation sites is 1. The van der Waals surface area contributed by atoms with Gasteiger partial charge in [-0.3, -0.25) is 0 Å². The number of fused-ring (bicyclic) bond motifs is 3. The fourth-order valence-corrected chi connectivity index (χ4v) is 5.09. The third kappa shape index (κ3) is 2.92. The molecule has 1 aromatic heterocycles. The molecule has 0 radical (unpaired) electrons. The molecule has 0 aliphatic heterocycles. The molecule has 5 aromatic rings. The molecule has 4 nitrogen and oxygen atoms in total. The minimum atomic E-state index is 0.706. The third-order valence-electron chi connectivity index (χ3n) is 6.72. The van der Waals surface area contributed by atoms with Crippen LogP contribution < -0.4 is 14.8 Å². The molecule has 0 amide bonds. The zero-order valence-corrected chi connectivity index (χ0v) is 19.7. The summed E-state index contributed by atoms with van der Waals surface area (Å²) in [6.07, 6.45) is 0. The summed E-state index contributed by atoms with van der Waals surface area (Å²) < 4.78 is 17.9. The molecule has 0 atom stereocenters. The topological polar surface area (TPSA) is 43.6 Å². The van der Waals surface area contributed by atoms with Crippen LogP contribution in [0.15, 0.2) is 77.2 Å². The van der Waals surface area contributed by atoms with Crippen molar-refractivity contribution in [1.29, 1.82) is 0 Å². The zero-order valence-electron chi connectivity index (χ0n) is 19.7. The Balaban J connectivity index is 1.66. The number of anilines is 2. The SMILES string of the molecule is COc1ccc(-c2c(Nc3c(C)cccc3C)oc3c2-c2cccc4cccc-3c24)c(OC)c1. The Morgan fingerprint density at radius 3 is 2.12 bits per heavy atom. The number of benzene rings is 4. The second kappa shape index (κ2) is 7.70. The summed E-state index contributed by atoms with van der Waals surface area (Å²) in [5, 5.41) is 6.06. The van der Waals surface area contributed by atoms with E-state index in [0.717, 1.165) is 56.3 Å². The molecule has 168 valence electrons. The lowest BCUT2D eigenvalue weighted by atomic mass is 9.96. The Morgan fingerprint density at radius 2 is 1.41 bits per heavy atom. The van der Waals surface area contributed by atoms with Crippen LogP contribution in [-0.4, -0.2) is 14.2 Å². The van der Waals surface area contributed by atoms with Crippen LogP contribution in [0.4, 0.5) is 11.6 Å². The highest BCUT2D eigenvalue weighted by atomic mass is 16.5. The predicted molar refractivity (Wildman–Crippen MR) is 138 cm³/mol. The first kappa shape index (κ1) is 20.4. The second-order valence-electron chi connectivity index (χ2n) is 8.68. The average Bonchev–Trinajstić information content (AvgIpc) is 3.37. The number of furan rings is 1.